The highest BCUT2D eigenvalue weighted by Gasteiger charge is 2.46. The van der Waals surface area contributed by atoms with E-state index < -0.39 is 90.8 Å². The van der Waals surface area contributed by atoms with Crippen LogP contribution in [-0.4, -0.2) is 199 Å². The molecule has 2 saturated carbocycles. The number of hydrogen-bond donors (Lipinski definition) is 14. The van der Waals surface area contributed by atoms with E-state index >= 15 is 0 Å². The van der Waals surface area contributed by atoms with E-state index in [1.165, 1.54) is 12.7 Å². The number of anilines is 4. The lowest BCUT2D eigenvalue weighted by atomic mass is 9.86. The average molecular weight is 1200 g/mol. The molecule has 27 nitrogen and oxygen atoms in total. The fourth-order valence-corrected chi connectivity index (χ4v) is 12.7. The van der Waals surface area contributed by atoms with Gasteiger partial charge in [-0.05, 0) is 47.9 Å². The Morgan fingerprint density at radius 2 is 0.841 bits per heavy atom. The molecule has 8 aromatic rings. The van der Waals surface area contributed by atoms with Gasteiger partial charge in [0.15, 0.2) is 34.0 Å². The molecule has 0 bridgehead atoms. The topological polar surface area (TPSA) is 379 Å². The number of carbonyl (C=O) groups excluding carboxylic acids is 3. The van der Waals surface area contributed by atoms with Crippen LogP contribution in [0.1, 0.15) is 60.0 Å². The van der Waals surface area contributed by atoms with Crippen LogP contribution in [0.15, 0.2) is 134 Å². The van der Waals surface area contributed by atoms with Crippen molar-refractivity contribution in [3.63, 3.8) is 0 Å². The summed E-state index contributed by atoms with van der Waals surface area (Å²) in [4.78, 5) is 71.5. The second-order valence-corrected chi connectivity index (χ2v) is 23.0. The third-order valence-corrected chi connectivity index (χ3v) is 17.5. The lowest BCUT2D eigenvalue weighted by Crippen LogP contribution is -2.48. The van der Waals surface area contributed by atoms with E-state index in [-0.39, 0.29) is 61.5 Å². The Morgan fingerprint density at radius 3 is 1.18 bits per heavy atom. The molecule has 2 saturated heterocycles. The van der Waals surface area contributed by atoms with Crippen molar-refractivity contribution < 1.29 is 55.2 Å². The number of benzene rings is 4. The molecule has 14 N–H and O–H groups in total. The molecule has 2 aliphatic heterocycles. The zero-order chi connectivity index (χ0) is 61.3. The van der Waals surface area contributed by atoms with Crippen molar-refractivity contribution in [3.05, 3.63) is 156 Å². The van der Waals surface area contributed by atoms with Gasteiger partial charge in [-0.1, -0.05) is 121 Å². The molecule has 0 radical (unpaired) electrons. The summed E-state index contributed by atoms with van der Waals surface area (Å²) in [6, 6.07) is 32.4. The largest absolute Gasteiger partial charge is 0.388 e. The zero-order valence-electron chi connectivity index (χ0n) is 47.7. The minimum absolute atomic E-state index is 0.0511. The van der Waals surface area contributed by atoms with Crippen LogP contribution >= 0.6 is 0 Å². The van der Waals surface area contributed by atoms with E-state index in [9.17, 15) is 55.2 Å². The van der Waals surface area contributed by atoms with Gasteiger partial charge in [-0.3, -0.25) is 9.59 Å². The second-order valence-electron chi connectivity index (χ2n) is 23.0. The van der Waals surface area contributed by atoms with E-state index in [2.05, 4.69) is 41.9 Å². The molecular weight excluding hydrogens is 1130 g/mol. The van der Waals surface area contributed by atoms with Gasteiger partial charge in [-0.2, -0.15) is 19.9 Å². The minimum atomic E-state index is -1.54. The van der Waals surface area contributed by atoms with Crippen LogP contribution in [0, 0.1) is 0 Å². The summed E-state index contributed by atoms with van der Waals surface area (Å²) in [6.07, 6.45) is -1.27. The van der Waals surface area contributed by atoms with Crippen LogP contribution < -0.4 is 41.7 Å². The van der Waals surface area contributed by atoms with Gasteiger partial charge in [0, 0.05) is 38.3 Å². The summed E-state index contributed by atoms with van der Waals surface area (Å²) in [7, 11) is 0. The first kappa shape index (κ1) is 59.4. The van der Waals surface area contributed by atoms with Crippen molar-refractivity contribution >= 4 is 63.7 Å². The molecule has 4 aromatic heterocycles. The summed E-state index contributed by atoms with van der Waals surface area (Å²) in [5.41, 5.74) is 0.639. The molecule has 2 aliphatic carbocycles. The molecule has 4 amide bonds. The molecule has 4 aromatic carbocycles. The quantitative estimate of drug-likeness (QED) is 0.0481. The predicted octanol–water partition coefficient (Wildman–Crippen LogP) is 0.106. The number of imidazole rings is 2. The average Bonchev–Trinajstić information content (AvgIpc) is 2.24. The van der Waals surface area contributed by atoms with Crippen molar-refractivity contribution in [2.45, 2.75) is 97.6 Å². The van der Waals surface area contributed by atoms with Crippen molar-refractivity contribution in [3.8, 4) is 0 Å². The van der Waals surface area contributed by atoms with E-state index in [1.807, 2.05) is 131 Å². The Bertz CT molecular complexity index is 3440. The van der Waals surface area contributed by atoms with Gasteiger partial charge >= 0.3 is 6.03 Å². The highest BCUT2D eigenvalue weighted by atomic mass is 16.3. The van der Waals surface area contributed by atoms with Gasteiger partial charge in [0.2, 0.25) is 23.7 Å². The van der Waals surface area contributed by atoms with Gasteiger partial charge < -0.3 is 91.7 Å². The Hall–Kier alpha value is -8.93. The number of hydrogen-bond acceptors (Lipinski definition) is 21. The van der Waals surface area contributed by atoms with Crippen LogP contribution in [0.2, 0.25) is 0 Å². The van der Waals surface area contributed by atoms with Crippen molar-refractivity contribution in [2.75, 3.05) is 72.9 Å². The molecule has 4 fully saturated rings. The van der Waals surface area contributed by atoms with Gasteiger partial charge in [0.25, 0.3) is 0 Å². The van der Waals surface area contributed by atoms with Crippen LogP contribution in [-0.2, 0) is 20.8 Å². The molecule has 6 heterocycles. The standard InChI is InChI=1S/C61H70N16O11/c78-29-45(80)68-41-25-43(51(84)49(41)82)76-33-64-47-53(62-31-60(87,35-13-5-1-6-14-35)36-15-7-2-8-16-36)70-57(72-55(47)76)74-23-21-39(27-74)66-59(86)67-40-22-24-75(28-40)58-71-54(63-32-61(88,37-17-9-3-10-18-37)38-19-11-4-12-20-38)48-56(73-58)77(34-65-48)44-26-42(50(83)52(44)85)69-46(81)30-79/h1-20,33-34,39-44,49-52,78-79,82-85,87-88H,21-32H2,(H,68,80)(H,69,81)(H,62,70,72)(H,63,71,73)(H2,66,67,86)/t39-,40-,41+,42+,43-,44-,49-,50-,51+,52+/m1/s1. The fraction of sp³-hybridized carbons (Fsp3) is 0.393. The molecule has 12 rings (SSSR count). The molecule has 0 unspecified atom stereocenters. The van der Waals surface area contributed by atoms with Crippen LogP contribution in [0.25, 0.3) is 22.3 Å². The van der Waals surface area contributed by atoms with Crippen molar-refractivity contribution in [1.82, 2.24) is 60.3 Å². The summed E-state index contributed by atoms with van der Waals surface area (Å²) < 4.78 is 3.26. The van der Waals surface area contributed by atoms with Gasteiger partial charge in [0.05, 0.1) is 49.9 Å². The van der Waals surface area contributed by atoms with Gasteiger partial charge in [-0.25, -0.2) is 14.8 Å². The number of nitrogens with zero attached hydrogens (tertiary/aromatic N) is 10. The number of rotatable bonds is 20. The highest BCUT2D eigenvalue weighted by molar-refractivity contribution is 5.86. The monoisotopic (exact) mass is 1200 g/mol. The first-order valence-corrected chi connectivity index (χ1v) is 29.4. The van der Waals surface area contributed by atoms with Crippen molar-refractivity contribution in [1.29, 1.82) is 0 Å². The molecule has 4 aliphatic rings. The first-order chi connectivity index (χ1) is 42.6. The second kappa shape index (κ2) is 25.0. The summed E-state index contributed by atoms with van der Waals surface area (Å²) in [6.45, 7) is -0.249. The molecule has 460 valence electrons. The smallest absolute Gasteiger partial charge is 0.315 e. The number of fused-ring (bicyclic) bond motifs is 2. The summed E-state index contributed by atoms with van der Waals surface area (Å²) in [5.74, 6) is -0.344. The maximum atomic E-state index is 14.0. The first-order valence-electron chi connectivity index (χ1n) is 29.4. The molecule has 0 spiro atoms. The normalized spacial score (nSPS) is 23.8. The van der Waals surface area contributed by atoms with Gasteiger partial charge in [-0.15, -0.1) is 0 Å². The number of aromatic nitrogens is 8. The predicted molar refractivity (Wildman–Crippen MR) is 322 cm³/mol. The van der Waals surface area contributed by atoms with E-state index in [4.69, 9.17) is 19.9 Å². The molecule has 10 atom stereocenters. The van der Waals surface area contributed by atoms with Crippen molar-refractivity contribution in [2.24, 2.45) is 0 Å². The summed E-state index contributed by atoms with van der Waals surface area (Å²) in [5, 5.41) is 107. The minimum Gasteiger partial charge on any atom is -0.388 e. The van der Waals surface area contributed by atoms with E-state index in [0.29, 0.717) is 83.6 Å². The SMILES string of the molecule is O=C(CO)N[C@H]1C[C@@H](n2cnc3c(NCC(O)(c4ccccc4)c4ccccc4)nc(N4CC[C@@H](NC(=O)N[C@@H]5CCN(c6nc(NCC(O)(c7ccccc7)c7ccccc7)c7ncn([C@@H]8C[C@H](NC(=O)CO)[C@@H](O)[C@H]8O)c7n6)C5)C4)nc32)[C@H](O)[C@@H]1O. The van der Waals surface area contributed by atoms with Crippen LogP contribution in [0.4, 0.5) is 28.3 Å². The maximum absolute atomic E-state index is 14.0. The number of nitrogens with one attached hydrogen (secondary N) is 6. The third-order valence-electron chi connectivity index (χ3n) is 17.5. The fourth-order valence-electron chi connectivity index (χ4n) is 12.7. The Kier molecular flexibility index (Phi) is 16.9. The van der Waals surface area contributed by atoms with E-state index in [1.54, 1.807) is 9.13 Å². The molecular formula is C61H70N16O11. The lowest BCUT2D eigenvalue weighted by Gasteiger charge is -2.30. The molecule has 27 heteroatoms. The number of amides is 4. The Balaban J connectivity index is 0.775. The highest BCUT2D eigenvalue weighted by Crippen LogP contribution is 2.39. The van der Waals surface area contributed by atoms with E-state index in [0.717, 1.165) is 0 Å². The number of aliphatic hydroxyl groups is 8. The number of urea groups is 1. The third kappa shape index (κ3) is 11.7. The number of carbonyl (C=O) groups is 3. The van der Waals surface area contributed by atoms with Crippen LogP contribution in [0.5, 0.6) is 0 Å². The van der Waals surface area contributed by atoms with Crippen LogP contribution in [0.3, 0.4) is 0 Å². The summed E-state index contributed by atoms with van der Waals surface area (Å²) >= 11 is 0. The molecule has 88 heavy (non-hydrogen) atoms. The Labute approximate surface area is 504 Å². The lowest BCUT2D eigenvalue weighted by molar-refractivity contribution is -0.126. The van der Waals surface area contributed by atoms with Gasteiger partial charge in [0.1, 0.15) is 48.8 Å². The maximum Gasteiger partial charge on any atom is 0.315 e. The Morgan fingerprint density at radius 1 is 0.489 bits per heavy atom. The zero-order valence-corrected chi connectivity index (χ0v) is 47.7. The number of aliphatic hydroxyl groups excluding tert-OH is 6.